The second kappa shape index (κ2) is 9.52. The molecule has 0 bridgehead atoms. The van der Waals surface area contributed by atoms with Crippen molar-refractivity contribution in [3.05, 3.63) is 65.7 Å². The monoisotopic (exact) mass is 394 g/mol. The third kappa shape index (κ3) is 4.99. The van der Waals surface area contributed by atoms with Gasteiger partial charge in [-0.2, -0.15) is 0 Å². The van der Waals surface area contributed by atoms with E-state index in [1.807, 2.05) is 30.3 Å². The number of nitrogens with two attached hydrogens (primary N) is 1. The molecule has 0 saturated carbocycles. The van der Waals surface area contributed by atoms with E-state index < -0.39 is 5.91 Å². The Balaban J connectivity index is 1.75. The summed E-state index contributed by atoms with van der Waals surface area (Å²) in [5.74, 6) is -0.188. The minimum Gasteiger partial charge on any atom is -0.496 e. The molecule has 150 valence electrons. The normalized spacial score (nSPS) is 10.4. The molecule has 0 atom stereocenters. The summed E-state index contributed by atoms with van der Waals surface area (Å²) in [5.41, 5.74) is 7.47. The summed E-state index contributed by atoms with van der Waals surface area (Å²) in [6.45, 7) is 0.914. The van der Waals surface area contributed by atoms with Crippen LogP contribution in [0.15, 0.2) is 59.1 Å². The molecule has 0 saturated heterocycles. The van der Waals surface area contributed by atoms with Crippen molar-refractivity contribution in [1.82, 2.24) is 10.5 Å². The molecule has 29 heavy (non-hydrogen) atoms. The SMILES string of the molecule is COc1ccc(C(=O)Nc2cc(-c3ccccc3)no2)cc1C(=O)NCCCN. The van der Waals surface area contributed by atoms with Gasteiger partial charge in [-0.3, -0.25) is 14.9 Å². The molecule has 0 aliphatic carbocycles. The highest BCUT2D eigenvalue weighted by Gasteiger charge is 2.17. The van der Waals surface area contributed by atoms with Crippen LogP contribution in [-0.2, 0) is 0 Å². The minimum absolute atomic E-state index is 0.207. The van der Waals surface area contributed by atoms with E-state index in [2.05, 4.69) is 15.8 Å². The number of carbonyl (C=O) groups is 2. The van der Waals surface area contributed by atoms with Crippen molar-refractivity contribution in [3.8, 4) is 17.0 Å². The van der Waals surface area contributed by atoms with Gasteiger partial charge in [-0.05, 0) is 31.2 Å². The fourth-order valence-electron chi connectivity index (χ4n) is 2.69. The Morgan fingerprint density at radius 1 is 1.10 bits per heavy atom. The molecule has 0 radical (unpaired) electrons. The number of nitrogens with zero attached hydrogens (tertiary/aromatic N) is 1. The Kier molecular flexibility index (Phi) is 6.59. The zero-order valence-corrected chi connectivity index (χ0v) is 16.0. The standard InChI is InChI=1S/C21H22N4O4/c1-28-18-9-8-15(12-16(18)21(27)23-11-5-10-22)20(26)24-19-13-17(25-29-19)14-6-3-2-4-7-14/h2-4,6-9,12-13H,5,10-11,22H2,1H3,(H,23,27)(H,24,26). The first-order chi connectivity index (χ1) is 14.1. The Bertz CT molecular complexity index is 985. The van der Waals surface area contributed by atoms with Crippen molar-refractivity contribution < 1.29 is 18.8 Å². The summed E-state index contributed by atoms with van der Waals surface area (Å²) in [6.07, 6.45) is 0.656. The molecular formula is C21H22N4O4. The number of benzene rings is 2. The lowest BCUT2D eigenvalue weighted by atomic mass is 10.1. The lowest BCUT2D eigenvalue weighted by Crippen LogP contribution is -2.26. The molecule has 2 aromatic carbocycles. The number of hydrogen-bond donors (Lipinski definition) is 3. The number of aromatic nitrogens is 1. The van der Waals surface area contributed by atoms with E-state index in [0.717, 1.165) is 5.56 Å². The number of carbonyl (C=O) groups excluding carboxylic acids is 2. The van der Waals surface area contributed by atoms with Gasteiger partial charge < -0.3 is 20.3 Å². The number of amides is 2. The first-order valence-corrected chi connectivity index (χ1v) is 9.12. The van der Waals surface area contributed by atoms with Crippen LogP contribution < -0.4 is 21.1 Å². The summed E-state index contributed by atoms with van der Waals surface area (Å²) < 4.78 is 10.4. The predicted octanol–water partition coefficient (Wildman–Crippen LogP) is 2.68. The molecule has 8 nitrogen and oxygen atoms in total. The Labute approximate surface area is 168 Å². The van der Waals surface area contributed by atoms with Crippen molar-refractivity contribution in [3.63, 3.8) is 0 Å². The van der Waals surface area contributed by atoms with Crippen molar-refractivity contribution in [2.75, 3.05) is 25.5 Å². The van der Waals surface area contributed by atoms with E-state index in [1.165, 1.54) is 13.2 Å². The van der Waals surface area contributed by atoms with Gasteiger partial charge in [-0.25, -0.2) is 0 Å². The summed E-state index contributed by atoms with van der Waals surface area (Å²) in [7, 11) is 1.46. The Morgan fingerprint density at radius 2 is 1.90 bits per heavy atom. The highest BCUT2D eigenvalue weighted by molar-refractivity contribution is 6.06. The van der Waals surface area contributed by atoms with Gasteiger partial charge in [0.2, 0.25) is 5.88 Å². The predicted molar refractivity (Wildman–Crippen MR) is 109 cm³/mol. The van der Waals surface area contributed by atoms with Gasteiger partial charge in [0.1, 0.15) is 11.4 Å². The van der Waals surface area contributed by atoms with Crippen LogP contribution in [-0.4, -0.2) is 37.2 Å². The number of rotatable bonds is 8. The third-order valence-electron chi connectivity index (χ3n) is 4.19. The molecule has 1 aromatic heterocycles. The molecule has 0 fully saturated rings. The van der Waals surface area contributed by atoms with Crippen LogP contribution in [0, 0.1) is 0 Å². The maximum Gasteiger partial charge on any atom is 0.258 e. The average Bonchev–Trinajstić information content (AvgIpc) is 3.22. The molecular weight excluding hydrogens is 372 g/mol. The highest BCUT2D eigenvalue weighted by atomic mass is 16.5. The smallest absolute Gasteiger partial charge is 0.258 e. The van der Waals surface area contributed by atoms with E-state index in [1.54, 1.807) is 18.2 Å². The molecule has 3 rings (SSSR count). The van der Waals surface area contributed by atoms with Gasteiger partial charge in [0.05, 0.1) is 12.7 Å². The van der Waals surface area contributed by atoms with Crippen LogP contribution in [0.3, 0.4) is 0 Å². The first kappa shape index (κ1) is 20.1. The van der Waals surface area contributed by atoms with Crippen molar-refractivity contribution >= 4 is 17.7 Å². The Morgan fingerprint density at radius 3 is 2.62 bits per heavy atom. The minimum atomic E-state index is -0.431. The zero-order valence-electron chi connectivity index (χ0n) is 16.0. The molecule has 2 amide bonds. The van der Waals surface area contributed by atoms with E-state index in [0.29, 0.717) is 31.0 Å². The van der Waals surface area contributed by atoms with Crippen LogP contribution in [0.25, 0.3) is 11.3 Å². The van der Waals surface area contributed by atoms with Gasteiger partial charge in [0, 0.05) is 23.7 Å². The topological polar surface area (TPSA) is 119 Å². The number of hydrogen-bond acceptors (Lipinski definition) is 6. The largest absolute Gasteiger partial charge is 0.496 e. The lowest BCUT2D eigenvalue weighted by molar-refractivity contribution is 0.0950. The van der Waals surface area contributed by atoms with E-state index >= 15 is 0 Å². The second-order valence-corrected chi connectivity index (χ2v) is 6.21. The maximum absolute atomic E-state index is 12.6. The van der Waals surface area contributed by atoms with Gasteiger partial charge in [-0.15, -0.1) is 0 Å². The summed E-state index contributed by atoms with van der Waals surface area (Å²) >= 11 is 0. The fourth-order valence-corrected chi connectivity index (χ4v) is 2.69. The summed E-state index contributed by atoms with van der Waals surface area (Å²) in [4.78, 5) is 25.0. The fraction of sp³-hybridized carbons (Fsp3) is 0.190. The van der Waals surface area contributed by atoms with Crippen LogP contribution >= 0.6 is 0 Å². The summed E-state index contributed by atoms with van der Waals surface area (Å²) in [5, 5.41) is 9.36. The number of nitrogens with one attached hydrogen (secondary N) is 2. The van der Waals surface area contributed by atoms with Crippen LogP contribution in [0.1, 0.15) is 27.1 Å². The van der Waals surface area contributed by atoms with Crippen molar-refractivity contribution in [1.29, 1.82) is 0 Å². The van der Waals surface area contributed by atoms with Crippen LogP contribution in [0.4, 0.5) is 5.88 Å². The average molecular weight is 394 g/mol. The van der Waals surface area contributed by atoms with Crippen LogP contribution in [0.2, 0.25) is 0 Å². The first-order valence-electron chi connectivity index (χ1n) is 9.12. The summed E-state index contributed by atoms with van der Waals surface area (Å²) in [6, 6.07) is 15.7. The van der Waals surface area contributed by atoms with Crippen LogP contribution in [0.5, 0.6) is 5.75 Å². The molecule has 8 heteroatoms. The highest BCUT2D eigenvalue weighted by Crippen LogP contribution is 2.23. The molecule has 1 heterocycles. The Hall–Kier alpha value is -3.65. The molecule has 3 aromatic rings. The van der Waals surface area contributed by atoms with E-state index in [9.17, 15) is 9.59 Å². The van der Waals surface area contributed by atoms with Crippen molar-refractivity contribution in [2.24, 2.45) is 5.73 Å². The number of ether oxygens (including phenoxy) is 1. The molecule has 0 aliphatic heterocycles. The third-order valence-corrected chi connectivity index (χ3v) is 4.19. The van der Waals surface area contributed by atoms with E-state index in [-0.39, 0.29) is 22.9 Å². The van der Waals surface area contributed by atoms with Gasteiger partial charge in [0.25, 0.3) is 11.8 Å². The molecule has 0 spiro atoms. The van der Waals surface area contributed by atoms with Gasteiger partial charge >= 0.3 is 0 Å². The lowest BCUT2D eigenvalue weighted by Gasteiger charge is -2.11. The van der Waals surface area contributed by atoms with Gasteiger partial charge in [0.15, 0.2) is 0 Å². The molecule has 4 N–H and O–H groups in total. The molecule has 0 aliphatic rings. The van der Waals surface area contributed by atoms with E-state index in [4.69, 9.17) is 15.0 Å². The number of methoxy groups -OCH3 is 1. The number of anilines is 1. The van der Waals surface area contributed by atoms with Crippen molar-refractivity contribution in [2.45, 2.75) is 6.42 Å². The zero-order chi connectivity index (χ0) is 20.6. The quantitative estimate of drug-likeness (QED) is 0.505. The second-order valence-electron chi connectivity index (χ2n) is 6.21. The molecule has 0 unspecified atom stereocenters. The maximum atomic E-state index is 12.6. The van der Waals surface area contributed by atoms with Gasteiger partial charge in [-0.1, -0.05) is 35.5 Å².